The van der Waals surface area contributed by atoms with Gasteiger partial charge in [-0.1, -0.05) is 88.7 Å². The molecule has 0 aliphatic heterocycles. The van der Waals surface area contributed by atoms with Gasteiger partial charge in [0.1, 0.15) is 0 Å². The predicted molar refractivity (Wildman–Crippen MR) is 105 cm³/mol. The first kappa shape index (κ1) is 14.2. The Morgan fingerprint density at radius 3 is 1.78 bits per heavy atom. The summed E-state index contributed by atoms with van der Waals surface area (Å²) >= 11 is 3.48. The van der Waals surface area contributed by atoms with Crippen molar-refractivity contribution in [3.05, 3.63) is 94.5 Å². The normalized spacial score (nSPS) is 11.5. The Kier molecular flexibility index (Phi) is 3.72. The molecular formula is C22H15Br. The van der Waals surface area contributed by atoms with Gasteiger partial charge in [0.25, 0.3) is 0 Å². The molecule has 0 spiro atoms. The van der Waals surface area contributed by atoms with Gasteiger partial charge in [0, 0.05) is 4.47 Å². The Morgan fingerprint density at radius 1 is 0.609 bits per heavy atom. The number of benzene rings is 4. The number of fused-ring (bicyclic) bond motifs is 2. The standard InChI is InChI=1S/C22H15Br/c23-19-12-9-16(10-13-19)11-14-22-20-7-3-1-5-17(20)15-18-6-2-4-8-21(18)22/h1-15H. The van der Waals surface area contributed by atoms with Gasteiger partial charge in [-0.3, -0.25) is 0 Å². The van der Waals surface area contributed by atoms with Gasteiger partial charge in [-0.2, -0.15) is 0 Å². The summed E-state index contributed by atoms with van der Waals surface area (Å²) in [6, 6.07) is 27.8. The summed E-state index contributed by atoms with van der Waals surface area (Å²) in [6.45, 7) is 0. The van der Waals surface area contributed by atoms with Gasteiger partial charge < -0.3 is 0 Å². The van der Waals surface area contributed by atoms with E-state index in [9.17, 15) is 0 Å². The second kappa shape index (κ2) is 6.02. The van der Waals surface area contributed by atoms with E-state index >= 15 is 0 Å². The third-order valence-electron chi connectivity index (χ3n) is 4.13. The first-order valence-electron chi connectivity index (χ1n) is 7.65. The van der Waals surface area contributed by atoms with E-state index in [0.717, 1.165) is 4.47 Å². The monoisotopic (exact) mass is 358 g/mol. The maximum absolute atomic E-state index is 3.48. The van der Waals surface area contributed by atoms with Crippen LogP contribution in [-0.4, -0.2) is 0 Å². The van der Waals surface area contributed by atoms with E-state index in [1.165, 1.54) is 32.7 Å². The molecule has 4 rings (SSSR count). The Morgan fingerprint density at radius 2 is 1.17 bits per heavy atom. The minimum atomic E-state index is 1.10. The lowest BCUT2D eigenvalue weighted by Gasteiger charge is -2.08. The van der Waals surface area contributed by atoms with E-state index in [4.69, 9.17) is 0 Å². The van der Waals surface area contributed by atoms with Gasteiger partial charge >= 0.3 is 0 Å². The van der Waals surface area contributed by atoms with Gasteiger partial charge in [-0.15, -0.1) is 0 Å². The number of hydrogen-bond acceptors (Lipinski definition) is 0. The average Bonchev–Trinajstić information content (AvgIpc) is 2.60. The van der Waals surface area contributed by atoms with Gasteiger partial charge in [-0.25, -0.2) is 0 Å². The first-order valence-corrected chi connectivity index (χ1v) is 8.45. The van der Waals surface area contributed by atoms with Crippen molar-refractivity contribution < 1.29 is 0 Å². The third kappa shape index (κ3) is 2.80. The topological polar surface area (TPSA) is 0 Å². The average molecular weight is 359 g/mol. The lowest BCUT2D eigenvalue weighted by Crippen LogP contribution is -1.83. The minimum Gasteiger partial charge on any atom is -0.0616 e. The SMILES string of the molecule is Brc1ccc(C=Cc2c3ccccc3cc3ccccc23)cc1. The fourth-order valence-corrected chi connectivity index (χ4v) is 3.25. The van der Waals surface area contributed by atoms with E-state index in [1.807, 2.05) is 0 Å². The second-order valence-electron chi connectivity index (χ2n) is 5.62. The number of hydrogen-bond donors (Lipinski definition) is 0. The molecule has 23 heavy (non-hydrogen) atoms. The van der Waals surface area contributed by atoms with Crippen molar-refractivity contribution in [3.63, 3.8) is 0 Å². The highest BCUT2D eigenvalue weighted by Crippen LogP contribution is 2.30. The fourth-order valence-electron chi connectivity index (χ4n) is 2.98. The van der Waals surface area contributed by atoms with Crippen LogP contribution in [0.15, 0.2) is 83.3 Å². The van der Waals surface area contributed by atoms with Crippen LogP contribution in [0, 0.1) is 0 Å². The fraction of sp³-hybridized carbons (Fsp3) is 0. The highest BCUT2D eigenvalue weighted by Gasteiger charge is 2.04. The molecule has 1 heteroatoms. The Hall–Kier alpha value is -2.38. The molecule has 0 nitrogen and oxygen atoms in total. The largest absolute Gasteiger partial charge is 0.0616 e. The zero-order valence-electron chi connectivity index (χ0n) is 12.5. The summed E-state index contributed by atoms with van der Waals surface area (Å²) in [5, 5.41) is 5.14. The smallest absolute Gasteiger partial charge is 0.0175 e. The van der Waals surface area contributed by atoms with Gasteiger partial charge in [0.15, 0.2) is 0 Å². The third-order valence-corrected chi connectivity index (χ3v) is 4.65. The molecule has 0 bridgehead atoms. The number of rotatable bonds is 2. The molecule has 0 aromatic heterocycles. The summed E-state index contributed by atoms with van der Waals surface area (Å²) in [6.07, 6.45) is 4.41. The highest BCUT2D eigenvalue weighted by atomic mass is 79.9. The van der Waals surface area contributed by atoms with E-state index < -0.39 is 0 Å². The van der Waals surface area contributed by atoms with Crippen LogP contribution in [0.25, 0.3) is 33.7 Å². The molecule has 0 heterocycles. The van der Waals surface area contributed by atoms with Crippen LogP contribution < -0.4 is 0 Å². The second-order valence-corrected chi connectivity index (χ2v) is 6.53. The van der Waals surface area contributed by atoms with Crippen LogP contribution in [0.1, 0.15) is 11.1 Å². The van der Waals surface area contributed by atoms with Crippen molar-refractivity contribution in [1.29, 1.82) is 0 Å². The first-order chi connectivity index (χ1) is 11.3. The predicted octanol–water partition coefficient (Wildman–Crippen LogP) is 6.93. The van der Waals surface area contributed by atoms with Gasteiger partial charge in [0.05, 0.1) is 0 Å². The van der Waals surface area contributed by atoms with Gasteiger partial charge in [0.2, 0.25) is 0 Å². The van der Waals surface area contributed by atoms with E-state index in [1.54, 1.807) is 0 Å². The molecule has 0 saturated carbocycles. The molecule has 0 unspecified atom stereocenters. The van der Waals surface area contributed by atoms with Crippen molar-refractivity contribution in [2.45, 2.75) is 0 Å². The molecule has 0 radical (unpaired) electrons. The van der Waals surface area contributed by atoms with Crippen molar-refractivity contribution >= 4 is 49.6 Å². The van der Waals surface area contributed by atoms with Crippen LogP contribution in [0.3, 0.4) is 0 Å². The molecule has 0 atom stereocenters. The Balaban J connectivity index is 1.93. The Labute approximate surface area is 144 Å². The van der Waals surface area contributed by atoms with E-state index in [-0.39, 0.29) is 0 Å². The summed E-state index contributed by atoms with van der Waals surface area (Å²) < 4.78 is 1.10. The Bertz CT molecular complexity index is 957. The lowest BCUT2D eigenvalue weighted by atomic mass is 9.96. The van der Waals surface area contributed by atoms with Crippen molar-refractivity contribution in [1.82, 2.24) is 0 Å². The van der Waals surface area contributed by atoms with Crippen LogP contribution >= 0.6 is 15.9 Å². The van der Waals surface area contributed by atoms with E-state index in [0.29, 0.717) is 0 Å². The molecule has 0 saturated heterocycles. The summed E-state index contributed by atoms with van der Waals surface area (Å²) in [4.78, 5) is 0. The zero-order valence-corrected chi connectivity index (χ0v) is 14.1. The van der Waals surface area contributed by atoms with Crippen molar-refractivity contribution in [3.8, 4) is 0 Å². The molecule has 0 aliphatic carbocycles. The molecule has 0 aliphatic rings. The maximum Gasteiger partial charge on any atom is 0.0175 e. The van der Waals surface area contributed by atoms with Crippen molar-refractivity contribution in [2.75, 3.05) is 0 Å². The maximum atomic E-state index is 3.48. The zero-order chi connectivity index (χ0) is 15.6. The summed E-state index contributed by atoms with van der Waals surface area (Å²) in [5.41, 5.74) is 2.48. The van der Waals surface area contributed by atoms with E-state index in [2.05, 4.69) is 107 Å². The summed E-state index contributed by atoms with van der Waals surface area (Å²) in [5.74, 6) is 0. The van der Waals surface area contributed by atoms with Gasteiger partial charge in [-0.05, 0) is 50.9 Å². The summed E-state index contributed by atoms with van der Waals surface area (Å²) in [7, 11) is 0. The number of halogens is 1. The van der Waals surface area contributed by atoms with Crippen LogP contribution in [-0.2, 0) is 0 Å². The van der Waals surface area contributed by atoms with Crippen LogP contribution in [0.2, 0.25) is 0 Å². The molecule has 0 fully saturated rings. The van der Waals surface area contributed by atoms with Crippen LogP contribution in [0.4, 0.5) is 0 Å². The lowest BCUT2D eigenvalue weighted by molar-refractivity contribution is 1.62. The molecule has 4 aromatic carbocycles. The minimum absolute atomic E-state index is 1.10. The molecule has 0 amide bonds. The molecular weight excluding hydrogens is 344 g/mol. The van der Waals surface area contributed by atoms with Crippen molar-refractivity contribution in [2.24, 2.45) is 0 Å². The molecule has 110 valence electrons. The molecule has 4 aromatic rings. The quantitative estimate of drug-likeness (QED) is 0.269. The molecule has 0 N–H and O–H groups in total. The van der Waals surface area contributed by atoms with Crippen LogP contribution in [0.5, 0.6) is 0 Å². The highest BCUT2D eigenvalue weighted by molar-refractivity contribution is 9.10.